The van der Waals surface area contributed by atoms with Crippen molar-refractivity contribution in [2.24, 2.45) is 0 Å². The predicted molar refractivity (Wildman–Crippen MR) is 505 cm³/mol. The Labute approximate surface area is 785 Å². The normalized spacial score (nSPS) is 14.1. The lowest BCUT2D eigenvalue weighted by Crippen LogP contribution is -2.45. The van der Waals surface area contributed by atoms with Gasteiger partial charge in [0.15, 0.2) is 63.2 Å². The van der Waals surface area contributed by atoms with E-state index in [0.717, 1.165) is 184 Å². The fourth-order valence-electron chi connectivity index (χ4n) is 15.4. The Morgan fingerprint density at radius 2 is 0.789 bits per heavy atom. The molecule has 0 spiro atoms. The maximum absolute atomic E-state index is 13.1. The molecule has 0 saturated carbocycles. The summed E-state index contributed by atoms with van der Waals surface area (Å²) in [6.07, 6.45) is -4.40. The number of aryl methyl sites for hydroxylation is 1. The van der Waals surface area contributed by atoms with Gasteiger partial charge in [-0.15, -0.1) is 45.3 Å². The lowest BCUT2D eigenvalue weighted by molar-refractivity contribution is -0.137. The van der Waals surface area contributed by atoms with E-state index in [0.29, 0.717) is 61.4 Å². The maximum atomic E-state index is 13.1. The number of alkyl halides is 3. The number of carbonyl (C=O) groups is 2. The molecule has 9 aromatic carbocycles. The number of hydrogen-bond acceptors (Lipinski definition) is 27. The number of aliphatic hydroxyl groups is 1. The van der Waals surface area contributed by atoms with Crippen molar-refractivity contribution in [1.82, 2.24) is 55.1 Å². The molecule has 4 aromatic heterocycles. The van der Waals surface area contributed by atoms with Crippen LogP contribution in [-0.4, -0.2) is 127 Å². The number of nitrogens with zero attached hydrogens (tertiary/aromatic N) is 9. The molecule has 1 amide bonds. The number of amides is 1. The highest BCUT2D eigenvalue weighted by atomic mass is 32.1. The fraction of sp³-hybridized carbons (Fsp3) is 0.287. The number of rotatable bonds is 31. The number of nitrogens with one attached hydrogen (secondary N) is 2. The van der Waals surface area contributed by atoms with Gasteiger partial charge in [-0.25, -0.2) is 24.7 Å². The summed E-state index contributed by atoms with van der Waals surface area (Å²) in [4.78, 5) is 53.3. The number of ether oxygens (including phenoxy) is 10. The first-order chi connectivity index (χ1) is 64.3. The van der Waals surface area contributed by atoms with E-state index in [2.05, 4.69) is 170 Å². The number of aromatic nitrogens is 4. The van der Waals surface area contributed by atoms with Gasteiger partial charge in [-0.1, -0.05) is 167 Å². The van der Waals surface area contributed by atoms with Crippen LogP contribution >= 0.6 is 45.3 Å². The van der Waals surface area contributed by atoms with Crippen LogP contribution in [0.3, 0.4) is 0 Å². The van der Waals surface area contributed by atoms with Crippen LogP contribution in [-0.2, 0) is 90.1 Å². The maximum Gasteiger partial charge on any atom is 0.416 e. The first kappa shape index (κ1) is 93.3. The van der Waals surface area contributed by atoms with Crippen molar-refractivity contribution in [1.29, 1.82) is 0 Å². The molecule has 133 heavy (non-hydrogen) atoms. The molecule has 1 saturated heterocycles. The Kier molecular flexibility index (Phi) is 30.3. The Morgan fingerprint density at radius 1 is 0.414 bits per heavy atom. The molecular formula is C101H102F3N11O14S4. The topological polar surface area (TPSA) is 259 Å². The molecule has 0 bridgehead atoms. The quantitative estimate of drug-likeness (QED) is 0.0294. The number of benzene rings is 9. The molecule has 13 aromatic rings. The second kappa shape index (κ2) is 43.2. The van der Waals surface area contributed by atoms with Crippen LogP contribution in [0.1, 0.15) is 153 Å². The van der Waals surface area contributed by atoms with E-state index in [1.807, 2.05) is 108 Å². The molecule has 10 heterocycles. The Hall–Kier alpha value is -12.9. The van der Waals surface area contributed by atoms with Crippen LogP contribution < -0.4 is 58.0 Å². The molecule has 690 valence electrons. The minimum Gasteiger partial charge on any atom is -0.506 e. The van der Waals surface area contributed by atoms with Gasteiger partial charge >= 0.3 is 12.1 Å². The van der Waals surface area contributed by atoms with Crippen LogP contribution in [0.5, 0.6) is 57.5 Å². The SMILES string of the molecule is C=C(NCc1ccc2c(c1)OCO2)c1csc(CN(Cc2ccc(C(C)(C)C)cc2)Cc2ccc3c(c2)OCO3)n1.C=C(O)c1csc(CN(Cc2cccc(C(F)(F)F)c2)Cc2ccc3c(c2)OCO3)n1.Cc1ccc(CN(Cc2ccc3c(c2)OCO3)Cc2nc(C(=O)NC(C)c3ccccc3)cs2)cc1.O=C(O)c1csc(CN2CCN(Cc3ccc4c(c3)OCO4)CC2)n1. The van der Waals surface area contributed by atoms with Gasteiger partial charge in [0.1, 0.15) is 37.2 Å². The van der Waals surface area contributed by atoms with Crippen LogP contribution in [0.15, 0.2) is 229 Å². The van der Waals surface area contributed by atoms with Gasteiger partial charge in [0.25, 0.3) is 5.91 Å². The van der Waals surface area contributed by atoms with E-state index in [1.165, 1.54) is 73.5 Å². The number of aromatic carboxylic acids is 1. The monoisotopic (exact) mass is 1880 g/mol. The second-order valence-corrected chi connectivity index (χ2v) is 37.5. The van der Waals surface area contributed by atoms with Gasteiger partial charge in [-0.05, 0) is 142 Å². The standard InChI is InChI=1S/C33H35N3O4S.C29H29N3O3S.C22H19F3N2O3S.C17H19N3O4S/c1-22(34-15-24-7-11-28-30(13-24)39-20-37-28)27-19-41-32(35-27)18-36(16-23-5-9-26(10-6-23)33(2,3)4)17-25-8-12-29-31(14-25)40-21-38-29;1-20-8-10-22(11-9-20)15-32(16-23-12-13-26-27(14-23)35-19-34-26)17-28-31-25(18-36-28)29(33)30-21(2)24-6-4-3-5-7-24;1-14(28)18-12-31-21(26-18)11-27(9-15-3-2-4-17(7-15)22(23,24)25)10-16-5-6-19-20(8-16)30-13-29-19;21-17(22)13-10-25-16(18-13)9-20-5-3-19(4-6-20)8-12-1-2-14-15(7-12)24-11-23-14/h5-14,19,34H,1,15-18,20-21H2,2-4H3;3-14,18,21H,15-17,19H2,1-2H3,(H,30,33);2-8,12,28H,1,9-11,13H2;1-2,7,10H,3-6,8-9,11H2,(H,21,22). The Bertz CT molecular complexity index is 6200. The van der Waals surface area contributed by atoms with Crippen LogP contribution in [0.4, 0.5) is 13.2 Å². The van der Waals surface area contributed by atoms with Crippen LogP contribution in [0.2, 0.25) is 0 Å². The summed E-state index contributed by atoms with van der Waals surface area (Å²) in [5.41, 5.74) is 14.3. The van der Waals surface area contributed by atoms with Crippen molar-refractivity contribution in [3.63, 3.8) is 0 Å². The van der Waals surface area contributed by atoms with Crippen LogP contribution in [0.25, 0.3) is 11.5 Å². The number of thiazole rings is 4. The largest absolute Gasteiger partial charge is 0.506 e. The average Bonchev–Trinajstić information content (AvgIpc) is 1.77. The summed E-state index contributed by atoms with van der Waals surface area (Å²) in [6.45, 7) is 31.4. The number of halogens is 3. The molecule has 1 atom stereocenters. The van der Waals surface area contributed by atoms with Gasteiger partial charge in [0.2, 0.25) is 34.0 Å². The molecule has 6 aliphatic heterocycles. The molecule has 1 fully saturated rings. The molecule has 19 rings (SSSR count). The number of hydrogen-bond donors (Lipinski definition) is 4. The van der Waals surface area contributed by atoms with Crippen molar-refractivity contribution in [2.75, 3.05) is 60.1 Å². The minimum atomic E-state index is -4.40. The van der Waals surface area contributed by atoms with Crippen molar-refractivity contribution >= 4 is 68.7 Å². The first-order valence-corrected chi connectivity index (χ1v) is 46.8. The summed E-state index contributed by atoms with van der Waals surface area (Å²) in [6, 6.07) is 62.6. The number of piperazine rings is 1. The minimum absolute atomic E-state index is 0.0899. The lowest BCUT2D eigenvalue weighted by Gasteiger charge is -2.34. The van der Waals surface area contributed by atoms with E-state index in [1.54, 1.807) is 28.2 Å². The fourth-order valence-corrected chi connectivity index (χ4v) is 18.8. The summed E-state index contributed by atoms with van der Waals surface area (Å²) in [7, 11) is 0. The second-order valence-electron chi connectivity index (χ2n) is 33.8. The van der Waals surface area contributed by atoms with Crippen LogP contribution in [0, 0.1) is 6.92 Å². The smallest absolute Gasteiger partial charge is 0.416 e. The molecule has 25 nitrogen and oxygen atoms in total. The van der Waals surface area contributed by atoms with E-state index in [-0.39, 0.29) is 62.5 Å². The number of aliphatic hydroxyl groups excluding tert-OH is 1. The van der Waals surface area contributed by atoms with Crippen molar-refractivity contribution in [3.05, 3.63) is 338 Å². The molecular weight excluding hydrogens is 1780 g/mol. The third kappa shape index (κ3) is 25.9. The highest BCUT2D eigenvalue weighted by Gasteiger charge is 2.32. The Balaban J connectivity index is 0.000000131. The number of carboxylic acid groups (broad SMARTS) is 1. The lowest BCUT2D eigenvalue weighted by atomic mass is 9.87. The summed E-state index contributed by atoms with van der Waals surface area (Å²) < 4.78 is 94.0. The highest BCUT2D eigenvalue weighted by molar-refractivity contribution is 7.10. The van der Waals surface area contributed by atoms with Gasteiger partial charge in [-0.3, -0.25) is 29.3 Å². The summed E-state index contributed by atoms with van der Waals surface area (Å²) in [5, 5.41) is 35.7. The van der Waals surface area contributed by atoms with E-state index >= 15 is 0 Å². The summed E-state index contributed by atoms with van der Waals surface area (Å²) in [5.74, 6) is 6.44. The van der Waals surface area contributed by atoms with Gasteiger partial charge in [0, 0.05) is 100 Å². The third-order valence-electron chi connectivity index (χ3n) is 22.5. The van der Waals surface area contributed by atoms with Gasteiger partial charge in [-0.2, -0.15) is 13.2 Å². The number of fused-ring (bicyclic) bond motifs is 5. The van der Waals surface area contributed by atoms with Gasteiger partial charge in [0.05, 0.1) is 49.2 Å². The number of carbonyl (C=O) groups excluding carboxylic acids is 1. The average molecular weight is 1880 g/mol. The van der Waals surface area contributed by atoms with Crippen molar-refractivity contribution in [2.45, 2.75) is 131 Å². The molecule has 0 radical (unpaired) electrons. The highest BCUT2D eigenvalue weighted by Crippen LogP contribution is 2.40. The first-order valence-electron chi connectivity index (χ1n) is 43.3. The molecule has 1 unspecified atom stereocenters. The molecule has 6 aliphatic rings. The third-order valence-corrected chi connectivity index (χ3v) is 25.9. The van der Waals surface area contributed by atoms with Crippen molar-refractivity contribution in [3.8, 4) is 57.5 Å². The van der Waals surface area contributed by atoms with Crippen molar-refractivity contribution < 1.29 is 80.3 Å². The van der Waals surface area contributed by atoms with E-state index in [4.69, 9.17) is 57.5 Å². The zero-order valence-corrected chi connectivity index (χ0v) is 77.5. The number of carboxylic acids is 1. The summed E-state index contributed by atoms with van der Waals surface area (Å²) >= 11 is 5.94. The van der Waals surface area contributed by atoms with Gasteiger partial charge < -0.3 is 68.2 Å². The predicted octanol–water partition coefficient (Wildman–Crippen LogP) is 20.2. The molecule has 4 N–H and O–H groups in total. The Morgan fingerprint density at radius 3 is 1.25 bits per heavy atom. The van der Waals surface area contributed by atoms with E-state index < -0.39 is 17.7 Å². The zero-order chi connectivity index (χ0) is 92.5. The zero-order valence-electron chi connectivity index (χ0n) is 74.2. The van der Waals surface area contributed by atoms with E-state index in [9.17, 15) is 27.9 Å². The molecule has 0 aliphatic carbocycles. The molecule has 32 heteroatoms.